The van der Waals surface area contributed by atoms with Gasteiger partial charge in [-0.2, -0.15) is 0 Å². The Labute approximate surface area is 122 Å². The smallest absolute Gasteiger partial charge is 0.119 e. The Hall–Kier alpha value is -0.580. The number of rotatable bonds is 3. The minimum Gasteiger partial charge on any atom is -0.497 e. The van der Waals surface area contributed by atoms with Gasteiger partial charge in [0.15, 0.2) is 0 Å². The van der Waals surface area contributed by atoms with Gasteiger partial charge in [0, 0.05) is 23.5 Å². The molecule has 2 fully saturated rings. The Balaban J connectivity index is 1.84. The highest BCUT2D eigenvalue weighted by atomic mass is 79.9. The Morgan fingerprint density at radius 3 is 3.11 bits per heavy atom. The Morgan fingerprint density at radius 1 is 1.47 bits per heavy atom. The third kappa shape index (κ3) is 2.41. The number of fused-ring (bicyclic) bond motifs is 1. The molecular formula is C15H20BrNO2. The summed E-state index contributed by atoms with van der Waals surface area (Å²) in [6.45, 7) is 2.18. The Bertz CT molecular complexity index is 479. The third-order valence-electron chi connectivity index (χ3n) is 4.57. The molecule has 0 bridgehead atoms. The van der Waals surface area contributed by atoms with E-state index >= 15 is 0 Å². The Morgan fingerprint density at radius 2 is 2.32 bits per heavy atom. The van der Waals surface area contributed by atoms with Crippen molar-refractivity contribution >= 4 is 15.9 Å². The minimum atomic E-state index is -0.578. The lowest BCUT2D eigenvalue weighted by Crippen LogP contribution is -2.43. The zero-order chi connectivity index (χ0) is 13.5. The molecule has 2 saturated heterocycles. The molecule has 2 aliphatic heterocycles. The monoisotopic (exact) mass is 325 g/mol. The van der Waals surface area contributed by atoms with Crippen LogP contribution >= 0.6 is 15.9 Å². The lowest BCUT2D eigenvalue weighted by Gasteiger charge is -2.30. The summed E-state index contributed by atoms with van der Waals surface area (Å²) < 4.78 is 6.33. The summed E-state index contributed by atoms with van der Waals surface area (Å²) >= 11 is 3.58. The van der Waals surface area contributed by atoms with Gasteiger partial charge < -0.3 is 9.84 Å². The van der Waals surface area contributed by atoms with E-state index in [4.69, 9.17) is 4.74 Å². The molecule has 1 aromatic rings. The highest BCUT2D eigenvalue weighted by Crippen LogP contribution is 2.39. The molecule has 1 N–H and O–H groups in total. The van der Waals surface area contributed by atoms with Crippen LogP contribution < -0.4 is 4.74 Å². The van der Waals surface area contributed by atoms with Gasteiger partial charge in [-0.3, -0.25) is 4.90 Å². The van der Waals surface area contributed by atoms with Crippen LogP contribution in [0.3, 0.4) is 0 Å². The minimum absolute atomic E-state index is 0.339. The first-order valence-electron chi connectivity index (χ1n) is 6.91. The number of hydrogen-bond acceptors (Lipinski definition) is 3. The molecule has 0 spiro atoms. The quantitative estimate of drug-likeness (QED) is 0.927. The molecule has 2 aliphatic rings. The second-order valence-corrected chi connectivity index (χ2v) is 6.54. The second-order valence-electron chi connectivity index (χ2n) is 5.68. The van der Waals surface area contributed by atoms with Gasteiger partial charge in [-0.05, 0) is 49.6 Å². The molecule has 3 nitrogen and oxygen atoms in total. The van der Waals surface area contributed by atoms with Crippen LogP contribution in [0.15, 0.2) is 22.7 Å². The van der Waals surface area contributed by atoms with Gasteiger partial charge >= 0.3 is 0 Å². The fraction of sp³-hybridized carbons (Fsp3) is 0.600. The molecule has 4 heteroatoms. The summed E-state index contributed by atoms with van der Waals surface area (Å²) in [7, 11) is 1.68. The van der Waals surface area contributed by atoms with E-state index in [1.807, 2.05) is 18.2 Å². The normalized spacial score (nSPS) is 30.6. The van der Waals surface area contributed by atoms with Crippen LogP contribution in [0.1, 0.15) is 24.8 Å². The van der Waals surface area contributed by atoms with Gasteiger partial charge in [-0.15, -0.1) is 0 Å². The predicted molar refractivity (Wildman–Crippen MR) is 78.6 cm³/mol. The third-order valence-corrected chi connectivity index (χ3v) is 5.34. The number of nitrogens with zero attached hydrogens (tertiary/aromatic N) is 1. The average Bonchev–Trinajstić information content (AvgIpc) is 2.98. The second kappa shape index (κ2) is 5.08. The number of methoxy groups -OCH3 is 1. The highest BCUT2D eigenvalue weighted by molar-refractivity contribution is 9.10. The van der Waals surface area contributed by atoms with Crippen LogP contribution in [0, 0.1) is 0 Å². The summed E-state index contributed by atoms with van der Waals surface area (Å²) in [5, 5.41) is 11.0. The molecule has 104 valence electrons. The maximum atomic E-state index is 11.0. The molecule has 2 heterocycles. The maximum absolute atomic E-state index is 11.0. The van der Waals surface area contributed by atoms with Crippen LogP contribution in [-0.4, -0.2) is 41.8 Å². The molecule has 19 heavy (non-hydrogen) atoms. The standard InChI is InChI=1S/C15H20BrNO2/c1-19-12-4-5-13(16)11(9-12)10-15(18)6-8-17-7-2-3-14(15)17/h4-5,9,14,18H,2-3,6-8,10H2,1H3. The van der Waals surface area contributed by atoms with Crippen LogP contribution in [0.25, 0.3) is 0 Å². The van der Waals surface area contributed by atoms with Gasteiger partial charge in [-0.25, -0.2) is 0 Å². The Kier molecular flexibility index (Phi) is 3.58. The molecule has 0 amide bonds. The summed E-state index contributed by atoms with van der Waals surface area (Å²) in [6.07, 6.45) is 3.91. The van der Waals surface area contributed by atoms with E-state index in [0.717, 1.165) is 41.7 Å². The van der Waals surface area contributed by atoms with E-state index < -0.39 is 5.60 Å². The van der Waals surface area contributed by atoms with E-state index in [1.54, 1.807) is 7.11 Å². The largest absolute Gasteiger partial charge is 0.497 e. The van der Waals surface area contributed by atoms with Crippen molar-refractivity contribution in [2.75, 3.05) is 20.2 Å². The van der Waals surface area contributed by atoms with Crippen molar-refractivity contribution in [1.29, 1.82) is 0 Å². The van der Waals surface area contributed by atoms with Crippen molar-refractivity contribution < 1.29 is 9.84 Å². The van der Waals surface area contributed by atoms with Gasteiger partial charge in [0.2, 0.25) is 0 Å². The van der Waals surface area contributed by atoms with Crippen molar-refractivity contribution in [1.82, 2.24) is 4.90 Å². The van der Waals surface area contributed by atoms with Crippen molar-refractivity contribution in [3.63, 3.8) is 0 Å². The summed E-state index contributed by atoms with van der Waals surface area (Å²) in [4.78, 5) is 2.44. The highest BCUT2D eigenvalue weighted by Gasteiger charge is 2.47. The van der Waals surface area contributed by atoms with Crippen molar-refractivity contribution in [2.45, 2.75) is 37.3 Å². The summed E-state index contributed by atoms with van der Waals surface area (Å²) in [6, 6.07) is 6.30. The van der Waals surface area contributed by atoms with Crippen molar-refractivity contribution in [3.8, 4) is 5.75 Å². The molecule has 0 radical (unpaired) electrons. The van der Waals surface area contributed by atoms with Crippen LogP contribution in [-0.2, 0) is 6.42 Å². The van der Waals surface area contributed by atoms with E-state index in [0.29, 0.717) is 12.5 Å². The molecule has 1 aromatic carbocycles. The fourth-order valence-corrected chi connectivity index (χ4v) is 3.94. The summed E-state index contributed by atoms with van der Waals surface area (Å²) in [5.74, 6) is 0.850. The first kappa shape index (κ1) is 13.4. The lowest BCUT2D eigenvalue weighted by atomic mass is 9.86. The van der Waals surface area contributed by atoms with Crippen molar-refractivity contribution in [3.05, 3.63) is 28.2 Å². The zero-order valence-corrected chi connectivity index (χ0v) is 12.8. The van der Waals surface area contributed by atoms with Gasteiger partial charge in [0.1, 0.15) is 5.75 Å². The molecular weight excluding hydrogens is 306 g/mol. The van der Waals surface area contributed by atoms with Gasteiger partial charge in [0.05, 0.1) is 12.7 Å². The topological polar surface area (TPSA) is 32.7 Å². The molecule has 3 rings (SSSR count). The first-order valence-corrected chi connectivity index (χ1v) is 7.70. The van der Waals surface area contributed by atoms with E-state index in [-0.39, 0.29) is 0 Å². The lowest BCUT2D eigenvalue weighted by molar-refractivity contribution is 0.0139. The molecule has 2 unspecified atom stereocenters. The average molecular weight is 326 g/mol. The SMILES string of the molecule is COc1ccc(Br)c(CC2(O)CCN3CCCC32)c1. The van der Waals surface area contributed by atoms with Gasteiger partial charge in [-0.1, -0.05) is 15.9 Å². The molecule has 2 atom stereocenters. The number of benzene rings is 1. The number of aliphatic hydroxyl groups is 1. The van der Waals surface area contributed by atoms with E-state index in [2.05, 4.69) is 20.8 Å². The van der Waals surface area contributed by atoms with E-state index in [1.165, 1.54) is 6.42 Å². The fourth-order valence-electron chi connectivity index (χ4n) is 3.56. The maximum Gasteiger partial charge on any atom is 0.119 e. The number of halogens is 1. The van der Waals surface area contributed by atoms with Crippen LogP contribution in [0.5, 0.6) is 5.75 Å². The molecule has 0 aromatic heterocycles. The number of ether oxygens (including phenoxy) is 1. The summed E-state index contributed by atoms with van der Waals surface area (Å²) in [5.41, 5.74) is 0.557. The number of hydrogen-bond donors (Lipinski definition) is 1. The van der Waals surface area contributed by atoms with Crippen molar-refractivity contribution in [2.24, 2.45) is 0 Å². The predicted octanol–water partition coefficient (Wildman–Crippen LogP) is 2.60. The first-order chi connectivity index (χ1) is 9.12. The molecule has 0 aliphatic carbocycles. The molecule has 0 saturated carbocycles. The van der Waals surface area contributed by atoms with Gasteiger partial charge in [0.25, 0.3) is 0 Å². The zero-order valence-electron chi connectivity index (χ0n) is 11.2. The van der Waals surface area contributed by atoms with E-state index in [9.17, 15) is 5.11 Å². The van der Waals surface area contributed by atoms with Crippen LogP contribution in [0.2, 0.25) is 0 Å². The van der Waals surface area contributed by atoms with Crippen LogP contribution in [0.4, 0.5) is 0 Å².